The summed E-state index contributed by atoms with van der Waals surface area (Å²) in [6.07, 6.45) is 6.57. The number of aryl methyl sites for hydroxylation is 2. The topological polar surface area (TPSA) is 105 Å². The lowest BCUT2D eigenvalue weighted by Crippen LogP contribution is -2.50. The van der Waals surface area contributed by atoms with Gasteiger partial charge in [0.2, 0.25) is 11.8 Å². The molecular weight excluding hydrogens is 476 g/mol. The minimum absolute atomic E-state index is 0.0495. The van der Waals surface area contributed by atoms with Gasteiger partial charge in [-0.3, -0.25) is 4.79 Å². The van der Waals surface area contributed by atoms with Gasteiger partial charge in [0, 0.05) is 23.4 Å². The lowest BCUT2D eigenvalue weighted by atomic mass is 10.0. The molecule has 3 atom stereocenters. The normalized spacial score (nSPS) is 23.1. The minimum atomic E-state index is -1.02. The minimum Gasteiger partial charge on any atom is -0.480 e. The lowest BCUT2D eigenvalue weighted by molar-refractivity contribution is -0.148. The third-order valence-corrected chi connectivity index (χ3v) is 7.89. The van der Waals surface area contributed by atoms with Gasteiger partial charge in [-0.05, 0) is 54.7 Å². The molecule has 3 aromatic rings. The number of thiazole rings is 1. The molecule has 6 bridgehead atoms. The van der Waals surface area contributed by atoms with Crippen molar-refractivity contribution in [1.29, 1.82) is 0 Å². The molecule has 0 radical (unpaired) electrons. The maximum Gasteiger partial charge on any atom is 0.326 e. The van der Waals surface area contributed by atoms with Gasteiger partial charge in [-0.15, -0.1) is 11.3 Å². The summed E-state index contributed by atoms with van der Waals surface area (Å²) in [6.45, 7) is 4.11. The lowest BCUT2D eigenvalue weighted by Gasteiger charge is -2.29. The standard InChI is InChI=1S/C27H32N4O4S/c1-16(2)23-25(32)31-14-20(13-22(31)26(33)34)35-24-21-12-17(8-9-18(21)10-11-28-24)6-4-3-5-7-19-15-36-27(29-19)30-23/h8-12,15-16,20,22-23H,3-7,13-14H2,1-2H3,(H,29,30)(H,33,34)/t20-,22+,23+/m1/s1. The Labute approximate surface area is 214 Å². The number of amides is 1. The van der Waals surface area contributed by atoms with Crippen LogP contribution in [0.5, 0.6) is 5.88 Å². The zero-order valence-corrected chi connectivity index (χ0v) is 21.5. The molecule has 1 saturated heterocycles. The Morgan fingerprint density at radius 3 is 2.86 bits per heavy atom. The number of carbonyl (C=O) groups is 2. The monoisotopic (exact) mass is 508 g/mol. The third-order valence-electron chi connectivity index (χ3n) is 7.06. The van der Waals surface area contributed by atoms with Crippen molar-refractivity contribution in [3.63, 3.8) is 0 Å². The van der Waals surface area contributed by atoms with Crippen molar-refractivity contribution in [3.8, 4) is 5.88 Å². The quantitative estimate of drug-likeness (QED) is 0.524. The number of pyridine rings is 1. The summed E-state index contributed by atoms with van der Waals surface area (Å²) in [4.78, 5) is 36.4. The number of fused-ring (bicyclic) bond motifs is 5. The van der Waals surface area contributed by atoms with Crippen LogP contribution in [0.15, 0.2) is 35.8 Å². The highest BCUT2D eigenvalue weighted by molar-refractivity contribution is 7.13. The third kappa shape index (κ3) is 5.16. The fourth-order valence-corrected chi connectivity index (χ4v) is 5.87. The Kier molecular flexibility index (Phi) is 7.09. The first kappa shape index (κ1) is 24.5. The number of nitrogens with zero attached hydrogens (tertiary/aromatic N) is 3. The highest BCUT2D eigenvalue weighted by atomic mass is 32.1. The Bertz CT molecular complexity index is 1260. The van der Waals surface area contributed by atoms with Crippen molar-refractivity contribution in [2.75, 3.05) is 11.9 Å². The van der Waals surface area contributed by atoms with Crippen LogP contribution < -0.4 is 10.1 Å². The fraction of sp³-hybridized carbons (Fsp3) is 0.481. The van der Waals surface area contributed by atoms with Gasteiger partial charge in [-0.1, -0.05) is 32.4 Å². The highest BCUT2D eigenvalue weighted by Gasteiger charge is 2.43. The van der Waals surface area contributed by atoms with Gasteiger partial charge < -0.3 is 20.1 Å². The van der Waals surface area contributed by atoms with Gasteiger partial charge >= 0.3 is 5.97 Å². The Hall–Kier alpha value is -3.20. The first-order valence-electron chi connectivity index (χ1n) is 12.7. The van der Waals surface area contributed by atoms with Crippen LogP contribution in [0.2, 0.25) is 0 Å². The van der Waals surface area contributed by atoms with Crippen LogP contribution in [-0.4, -0.2) is 56.6 Å². The molecule has 36 heavy (non-hydrogen) atoms. The van der Waals surface area contributed by atoms with Crippen molar-refractivity contribution in [2.45, 2.75) is 70.6 Å². The number of rotatable bonds is 2. The average Bonchev–Trinajstić information content (AvgIpc) is 3.48. The number of benzene rings is 1. The Morgan fingerprint density at radius 2 is 2.06 bits per heavy atom. The number of carboxylic acids is 1. The summed E-state index contributed by atoms with van der Waals surface area (Å²) < 4.78 is 6.29. The molecule has 4 heterocycles. The van der Waals surface area contributed by atoms with Crippen molar-refractivity contribution in [1.82, 2.24) is 14.9 Å². The van der Waals surface area contributed by atoms with Crippen molar-refractivity contribution in [2.24, 2.45) is 5.92 Å². The highest BCUT2D eigenvalue weighted by Crippen LogP contribution is 2.30. The largest absolute Gasteiger partial charge is 0.480 e. The summed E-state index contributed by atoms with van der Waals surface area (Å²) in [5.41, 5.74) is 2.25. The molecule has 1 fully saturated rings. The molecule has 9 heteroatoms. The van der Waals surface area contributed by atoms with Crippen LogP contribution in [0, 0.1) is 5.92 Å². The SMILES string of the molecule is CC(C)[C@@H]1Nc2nc(cs2)CCCCCc2ccc3ccnc(c3c2)O[C@@H]2C[C@@H](C(=O)O)N(C2)C1=O. The van der Waals surface area contributed by atoms with Crippen LogP contribution in [-0.2, 0) is 22.4 Å². The van der Waals surface area contributed by atoms with Crippen molar-refractivity contribution < 1.29 is 19.4 Å². The summed E-state index contributed by atoms with van der Waals surface area (Å²) >= 11 is 1.49. The summed E-state index contributed by atoms with van der Waals surface area (Å²) in [7, 11) is 0. The predicted octanol–water partition coefficient (Wildman–Crippen LogP) is 4.53. The number of aliphatic carboxylic acids is 1. The molecule has 1 aromatic carbocycles. The van der Waals surface area contributed by atoms with E-state index in [0.717, 1.165) is 48.6 Å². The van der Waals surface area contributed by atoms with Crippen molar-refractivity contribution in [3.05, 3.63) is 47.1 Å². The maximum atomic E-state index is 13.7. The number of ether oxygens (including phenoxy) is 1. The summed E-state index contributed by atoms with van der Waals surface area (Å²) in [5, 5.41) is 17.9. The van der Waals surface area contributed by atoms with Crippen LogP contribution in [0.3, 0.4) is 0 Å². The van der Waals surface area contributed by atoms with E-state index in [-0.39, 0.29) is 24.8 Å². The number of nitrogens with one attached hydrogen (secondary N) is 1. The number of hydrogen-bond donors (Lipinski definition) is 2. The second-order valence-corrected chi connectivity index (χ2v) is 10.9. The zero-order valence-electron chi connectivity index (χ0n) is 20.6. The van der Waals surface area contributed by atoms with Crippen molar-refractivity contribution >= 4 is 39.1 Å². The maximum absolute atomic E-state index is 13.7. The van der Waals surface area contributed by atoms with Crippen LogP contribution in [0.25, 0.3) is 10.8 Å². The van der Waals surface area contributed by atoms with E-state index in [1.54, 1.807) is 6.20 Å². The Balaban J connectivity index is 1.49. The van der Waals surface area contributed by atoms with E-state index in [0.29, 0.717) is 11.0 Å². The molecule has 0 unspecified atom stereocenters. The second kappa shape index (κ2) is 10.4. The number of carboxylic acid groups (broad SMARTS) is 1. The number of aromatic nitrogens is 2. The smallest absolute Gasteiger partial charge is 0.326 e. The molecule has 2 aliphatic rings. The summed E-state index contributed by atoms with van der Waals surface area (Å²) in [6, 6.07) is 6.78. The van der Waals surface area contributed by atoms with Gasteiger partial charge in [0.25, 0.3) is 0 Å². The van der Waals surface area contributed by atoms with Gasteiger partial charge in [0.15, 0.2) is 5.13 Å². The molecule has 190 valence electrons. The van der Waals surface area contributed by atoms with Crippen LogP contribution in [0.1, 0.15) is 50.8 Å². The molecule has 5 rings (SSSR count). The average molecular weight is 509 g/mol. The van der Waals surface area contributed by atoms with E-state index in [2.05, 4.69) is 28.5 Å². The molecule has 1 amide bonds. The van der Waals surface area contributed by atoms with E-state index in [1.165, 1.54) is 21.8 Å². The first-order chi connectivity index (χ1) is 17.4. The van der Waals surface area contributed by atoms with Gasteiger partial charge in [-0.2, -0.15) is 0 Å². The van der Waals surface area contributed by atoms with E-state index in [1.807, 2.05) is 25.3 Å². The summed E-state index contributed by atoms with van der Waals surface area (Å²) in [5.74, 6) is -0.828. The van der Waals surface area contributed by atoms with E-state index < -0.39 is 24.2 Å². The van der Waals surface area contributed by atoms with E-state index in [9.17, 15) is 14.7 Å². The molecule has 2 N–H and O–H groups in total. The second-order valence-electron chi connectivity index (χ2n) is 10.1. The molecule has 2 aliphatic heterocycles. The van der Waals surface area contributed by atoms with E-state index >= 15 is 0 Å². The molecular formula is C27H32N4O4S. The van der Waals surface area contributed by atoms with E-state index in [4.69, 9.17) is 9.72 Å². The molecule has 0 aliphatic carbocycles. The fourth-order valence-electron chi connectivity index (χ4n) is 5.08. The Morgan fingerprint density at radius 1 is 1.22 bits per heavy atom. The predicted molar refractivity (Wildman–Crippen MR) is 140 cm³/mol. The molecule has 0 spiro atoms. The zero-order chi connectivity index (χ0) is 25.2. The van der Waals surface area contributed by atoms with Gasteiger partial charge in [0.05, 0.1) is 12.2 Å². The van der Waals surface area contributed by atoms with Crippen LogP contribution >= 0.6 is 11.3 Å². The molecule has 0 saturated carbocycles. The van der Waals surface area contributed by atoms with Gasteiger partial charge in [0.1, 0.15) is 18.2 Å². The number of carbonyl (C=O) groups excluding carboxylic acids is 1. The molecule has 2 aromatic heterocycles. The molecule has 8 nitrogen and oxygen atoms in total. The van der Waals surface area contributed by atoms with Crippen LogP contribution in [0.4, 0.5) is 5.13 Å². The first-order valence-corrected chi connectivity index (χ1v) is 13.6. The number of anilines is 1. The van der Waals surface area contributed by atoms with Gasteiger partial charge in [-0.25, -0.2) is 14.8 Å². The number of hydrogen-bond acceptors (Lipinski definition) is 7.